The zero-order valence-electron chi connectivity index (χ0n) is 12.4. The summed E-state index contributed by atoms with van der Waals surface area (Å²) < 4.78 is 0. The van der Waals surface area contributed by atoms with Crippen LogP contribution < -0.4 is 5.73 Å². The molecule has 2 nitrogen and oxygen atoms in total. The predicted molar refractivity (Wildman–Crippen MR) is 82.1 cm³/mol. The molecule has 1 unspecified atom stereocenters. The van der Waals surface area contributed by atoms with Crippen LogP contribution in [-0.2, 0) is 0 Å². The number of aryl methyl sites for hydroxylation is 1. The Balaban J connectivity index is 2.89. The first-order valence-electron chi connectivity index (χ1n) is 6.93. The molecular formula is C15H28N2S. The van der Waals surface area contributed by atoms with Crippen LogP contribution in [0.2, 0.25) is 0 Å². The van der Waals surface area contributed by atoms with Crippen LogP contribution in [0.1, 0.15) is 44.2 Å². The van der Waals surface area contributed by atoms with E-state index in [2.05, 4.69) is 51.0 Å². The first-order valence-corrected chi connectivity index (χ1v) is 7.81. The third-order valence-electron chi connectivity index (χ3n) is 3.07. The van der Waals surface area contributed by atoms with Gasteiger partial charge in [-0.1, -0.05) is 27.7 Å². The maximum Gasteiger partial charge on any atom is 0.0567 e. The third-order valence-corrected chi connectivity index (χ3v) is 4.19. The SMILES string of the molecule is Cc1ccsc1C(CN)N(CC(C)C)CC(C)C. The molecule has 1 aromatic heterocycles. The van der Waals surface area contributed by atoms with Gasteiger partial charge in [0.25, 0.3) is 0 Å². The van der Waals surface area contributed by atoms with Gasteiger partial charge in [-0.3, -0.25) is 4.90 Å². The summed E-state index contributed by atoms with van der Waals surface area (Å²) in [6, 6.07) is 2.58. The Morgan fingerprint density at radius 1 is 1.17 bits per heavy atom. The normalized spacial score (nSPS) is 13.8. The van der Waals surface area contributed by atoms with Crippen LogP contribution in [0.3, 0.4) is 0 Å². The number of nitrogens with zero attached hydrogens (tertiary/aromatic N) is 1. The molecular weight excluding hydrogens is 240 g/mol. The van der Waals surface area contributed by atoms with Gasteiger partial charge in [0.1, 0.15) is 0 Å². The standard InChI is InChI=1S/C15H28N2S/c1-11(2)9-17(10-12(3)4)14(8-16)15-13(5)6-7-18-15/h6-7,11-12,14H,8-10,16H2,1-5H3. The summed E-state index contributed by atoms with van der Waals surface area (Å²) in [7, 11) is 0. The highest BCUT2D eigenvalue weighted by Gasteiger charge is 2.23. The third kappa shape index (κ3) is 4.38. The second kappa shape index (κ2) is 7.27. The van der Waals surface area contributed by atoms with Crippen LogP contribution in [0.15, 0.2) is 11.4 Å². The number of thiophene rings is 1. The molecule has 0 spiro atoms. The van der Waals surface area contributed by atoms with Crippen molar-refractivity contribution in [1.29, 1.82) is 0 Å². The monoisotopic (exact) mass is 268 g/mol. The number of nitrogens with two attached hydrogens (primary N) is 1. The summed E-state index contributed by atoms with van der Waals surface area (Å²) in [6.07, 6.45) is 0. The smallest absolute Gasteiger partial charge is 0.0567 e. The molecule has 0 bridgehead atoms. The van der Waals surface area contributed by atoms with Gasteiger partial charge in [-0.05, 0) is 35.8 Å². The van der Waals surface area contributed by atoms with Crippen molar-refractivity contribution < 1.29 is 0 Å². The molecule has 0 aliphatic carbocycles. The minimum absolute atomic E-state index is 0.384. The van der Waals surface area contributed by atoms with Crippen LogP contribution in [0.5, 0.6) is 0 Å². The van der Waals surface area contributed by atoms with Gasteiger partial charge in [-0.2, -0.15) is 0 Å². The van der Waals surface area contributed by atoms with E-state index in [1.165, 1.54) is 10.4 Å². The minimum Gasteiger partial charge on any atom is -0.329 e. The van der Waals surface area contributed by atoms with Crippen LogP contribution in [0.25, 0.3) is 0 Å². The summed E-state index contributed by atoms with van der Waals surface area (Å²) in [4.78, 5) is 4.01. The Kier molecular flexibility index (Phi) is 6.33. The quantitative estimate of drug-likeness (QED) is 0.817. The highest BCUT2D eigenvalue weighted by Crippen LogP contribution is 2.29. The lowest BCUT2D eigenvalue weighted by Gasteiger charge is -2.33. The van der Waals surface area contributed by atoms with E-state index >= 15 is 0 Å². The molecule has 0 aliphatic rings. The van der Waals surface area contributed by atoms with Crippen LogP contribution in [-0.4, -0.2) is 24.5 Å². The Morgan fingerprint density at radius 2 is 1.72 bits per heavy atom. The van der Waals surface area contributed by atoms with Crippen molar-refractivity contribution in [2.75, 3.05) is 19.6 Å². The van der Waals surface area contributed by atoms with E-state index in [0.717, 1.165) is 13.1 Å². The zero-order valence-corrected chi connectivity index (χ0v) is 13.3. The fraction of sp³-hybridized carbons (Fsp3) is 0.733. The molecule has 0 fully saturated rings. The van der Waals surface area contributed by atoms with Gasteiger partial charge < -0.3 is 5.73 Å². The predicted octanol–water partition coefficient (Wildman–Crippen LogP) is 3.67. The van der Waals surface area contributed by atoms with Gasteiger partial charge in [-0.15, -0.1) is 11.3 Å². The molecule has 0 amide bonds. The van der Waals surface area contributed by atoms with E-state index in [1.807, 2.05) is 11.3 Å². The van der Waals surface area contributed by atoms with Crippen molar-refractivity contribution in [3.63, 3.8) is 0 Å². The molecule has 1 rings (SSSR count). The lowest BCUT2D eigenvalue weighted by Crippen LogP contribution is -2.38. The minimum atomic E-state index is 0.384. The first kappa shape index (κ1) is 15.7. The highest BCUT2D eigenvalue weighted by atomic mass is 32.1. The van der Waals surface area contributed by atoms with Crippen molar-refractivity contribution in [2.45, 2.75) is 40.7 Å². The fourth-order valence-electron chi connectivity index (χ4n) is 2.41. The lowest BCUT2D eigenvalue weighted by molar-refractivity contribution is 0.162. The second-order valence-electron chi connectivity index (χ2n) is 5.96. The van der Waals surface area contributed by atoms with Crippen LogP contribution in [0, 0.1) is 18.8 Å². The zero-order chi connectivity index (χ0) is 13.7. The summed E-state index contributed by atoms with van der Waals surface area (Å²) in [5.41, 5.74) is 7.43. The fourth-order valence-corrected chi connectivity index (χ4v) is 3.49. The molecule has 2 N–H and O–H groups in total. The number of rotatable bonds is 7. The number of hydrogen-bond donors (Lipinski definition) is 1. The molecule has 0 saturated heterocycles. The Bertz CT molecular complexity index is 334. The van der Waals surface area contributed by atoms with Crippen molar-refractivity contribution >= 4 is 11.3 Å². The van der Waals surface area contributed by atoms with Crippen molar-refractivity contribution in [3.8, 4) is 0 Å². The molecule has 104 valence electrons. The Labute approximate surface area is 116 Å². The second-order valence-corrected chi connectivity index (χ2v) is 6.91. The summed E-state index contributed by atoms with van der Waals surface area (Å²) in [5.74, 6) is 1.36. The molecule has 1 heterocycles. The molecule has 1 aromatic rings. The van der Waals surface area contributed by atoms with E-state index in [9.17, 15) is 0 Å². The summed E-state index contributed by atoms with van der Waals surface area (Å²) in [6.45, 7) is 14.3. The molecule has 1 atom stereocenters. The van der Waals surface area contributed by atoms with E-state index in [-0.39, 0.29) is 0 Å². The van der Waals surface area contributed by atoms with Crippen molar-refractivity contribution in [1.82, 2.24) is 4.90 Å². The van der Waals surface area contributed by atoms with E-state index in [1.54, 1.807) is 0 Å². The van der Waals surface area contributed by atoms with Gasteiger partial charge in [0.2, 0.25) is 0 Å². The molecule has 0 radical (unpaired) electrons. The topological polar surface area (TPSA) is 29.3 Å². The molecule has 18 heavy (non-hydrogen) atoms. The average Bonchev–Trinajstić information content (AvgIpc) is 2.64. The Hall–Kier alpha value is -0.380. The Morgan fingerprint density at radius 3 is 2.06 bits per heavy atom. The highest BCUT2D eigenvalue weighted by molar-refractivity contribution is 7.10. The molecule has 3 heteroatoms. The van der Waals surface area contributed by atoms with E-state index < -0.39 is 0 Å². The molecule has 0 aromatic carbocycles. The maximum atomic E-state index is 6.05. The largest absolute Gasteiger partial charge is 0.329 e. The molecule has 0 saturated carbocycles. The van der Waals surface area contributed by atoms with Gasteiger partial charge in [-0.25, -0.2) is 0 Å². The van der Waals surface area contributed by atoms with Gasteiger partial charge in [0.15, 0.2) is 0 Å². The average molecular weight is 268 g/mol. The van der Waals surface area contributed by atoms with Gasteiger partial charge in [0.05, 0.1) is 6.04 Å². The summed E-state index contributed by atoms with van der Waals surface area (Å²) in [5, 5.41) is 2.18. The van der Waals surface area contributed by atoms with E-state index in [4.69, 9.17) is 5.73 Å². The van der Waals surface area contributed by atoms with Crippen LogP contribution in [0.4, 0.5) is 0 Å². The van der Waals surface area contributed by atoms with Crippen LogP contribution >= 0.6 is 11.3 Å². The first-order chi connectivity index (χ1) is 8.45. The maximum absolute atomic E-state index is 6.05. The van der Waals surface area contributed by atoms with Crippen molar-refractivity contribution in [2.24, 2.45) is 17.6 Å². The summed E-state index contributed by atoms with van der Waals surface area (Å²) >= 11 is 1.84. The van der Waals surface area contributed by atoms with Gasteiger partial charge in [0, 0.05) is 24.5 Å². The number of hydrogen-bond acceptors (Lipinski definition) is 3. The van der Waals surface area contributed by atoms with Crippen molar-refractivity contribution in [3.05, 3.63) is 21.9 Å². The van der Waals surface area contributed by atoms with E-state index in [0.29, 0.717) is 24.4 Å². The lowest BCUT2D eigenvalue weighted by atomic mass is 10.1. The molecule has 0 aliphatic heterocycles. The van der Waals surface area contributed by atoms with Gasteiger partial charge >= 0.3 is 0 Å².